The van der Waals surface area contributed by atoms with Crippen molar-refractivity contribution in [1.29, 1.82) is 0 Å². The van der Waals surface area contributed by atoms with E-state index in [2.05, 4.69) is 35.2 Å². The molecule has 0 heterocycles. The van der Waals surface area contributed by atoms with Crippen molar-refractivity contribution in [3.8, 4) is 5.75 Å². The maximum Gasteiger partial charge on any atom is 0.251 e. The molecule has 2 unspecified atom stereocenters. The Kier molecular flexibility index (Phi) is 8.20. The Balaban J connectivity index is 1.52. The van der Waals surface area contributed by atoms with Gasteiger partial charge in [-0.1, -0.05) is 49.4 Å². The number of amides is 1. The molecule has 2 N–H and O–H groups in total. The van der Waals surface area contributed by atoms with Crippen molar-refractivity contribution in [3.05, 3.63) is 77.9 Å². The summed E-state index contributed by atoms with van der Waals surface area (Å²) in [6.45, 7) is 7.53. The van der Waals surface area contributed by atoms with E-state index in [9.17, 15) is 9.00 Å². The van der Waals surface area contributed by atoms with Gasteiger partial charge in [0.15, 0.2) is 0 Å². The van der Waals surface area contributed by atoms with E-state index in [0.29, 0.717) is 25.3 Å². The average Bonchev–Trinajstić information content (AvgIpc) is 2.79. The zero-order chi connectivity index (χ0) is 22.2. The number of hydrogen-bond donors (Lipinski definition) is 2. The van der Waals surface area contributed by atoms with E-state index in [1.54, 1.807) is 12.1 Å². The van der Waals surface area contributed by atoms with Crippen molar-refractivity contribution < 1.29 is 13.7 Å². The first-order valence-corrected chi connectivity index (χ1v) is 11.8. The van der Waals surface area contributed by atoms with Gasteiger partial charge in [0.2, 0.25) is 0 Å². The van der Waals surface area contributed by atoms with Gasteiger partial charge in [-0.2, -0.15) is 0 Å². The smallest absolute Gasteiger partial charge is 0.251 e. The maximum atomic E-state index is 12.0. The summed E-state index contributed by atoms with van der Waals surface area (Å²) in [5, 5.41) is 5.20. The van der Waals surface area contributed by atoms with Gasteiger partial charge in [0.05, 0.1) is 17.5 Å². The van der Waals surface area contributed by atoms with Crippen LogP contribution in [0.1, 0.15) is 42.6 Å². The van der Waals surface area contributed by atoms with Crippen molar-refractivity contribution in [2.45, 2.75) is 31.9 Å². The Bertz CT molecular complexity index is 1040. The maximum absolute atomic E-state index is 12.0. The van der Waals surface area contributed by atoms with E-state index in [4.69, 9.17) is 4.74 Å². The summed E-state index contributed by atoms with van der Waals surface area (Å²) in [6.07, 6.45) is 0. The minimum atomic E-state index is -1.01. The van der Waals surface area contributed by atoms with Crippen molar-refractivity contribution in [1.82, 2.24) is 10.0 Å². The fraction of sp³-hybridized carbons (Fsp3) is 0.320. The molecule has 0 fully saturated rings. The summed E-state index contributed by atoms with van der Waals surface area (Å²) >= 11 is 0. The molecule has 1 amide bonds. The third kappa shape index (κ3) is 6.64. The Hall–Kier alpha value is -2.70. The third-order valence-electron chi connectivity index (χ3n) is 5.06. The first kappa shape index (κ1) is 23.0. The van der Waals surface area contributed by atoms with Crippen LogP contribution < -0.4 is 14.8 Å². The Morgan fingerprint density at radius 3 is 2.42 bits per heavy atom. The van der Waals surface area contributed by atoms with Gasteiger partial charge < -0.3 is 10.1 Å². The number of nitrogens with one attached hydrogen (secondary N) is 2. The van der Waals surface area contributed by atoms with Gasteiger partial charge in [-0.15, -0.1) is 0 Å². The van der Waals surface area contributed by atoms with Crippen LogP contribution in [0.15, 0.2) is 66.7 Å². The molecule has 0 bridgehead atoms. The van der Waals surface area contributed by atoms with Gasteiger partial charge in [-0.3, -0.25) is 4.79 Å². The summed E-state index contributed by atoms with van der Waals surface area (Å²) in [5.74, 6) is 0.934. The van der Waals surface area contributed by atoms with Crippen LogP contribution in [0.2, 0.25) is 0 Å². The molecule has 0 aliphatic heterocycles. The van der Waals surface area contributed by atoms with Gasteiger partial charge in [0.25, 0.3) is 5.91 Å². The Labute approximate surface area is 186 Å². The van der Waals surface area contributed by atoms with E-state index < -0.39 is 11.0 Å². The molecule has 3 rings (SSSR count). The molecular formula is C25H30N2O3S. The summed E-state index contributed by atoms with van der Waals surface area (Å²) in [4.78, 5) is 12.0. The molecular weight excluding hydrogens is 408 g/mol. The van der Waals surface area contributed by atoms with Crippen LogP contribution in [0.25, 0.3) is 10.8 Å². The standard InChI is InChI=1S/C25H30N2O3S/c1-18(2)31(29)27-17-19(3)21-9-10-23-16-24(12-11-22(23)15-21)30-14-13-26-25(28)20-7-5-4-6-8-20/h4-12,15-16,18-19,27H,13-14,17H2,1-3H3,(H,26,28). The zero-order valence-electron chi connectivity index (χ0n) is 18.3. The minimum Gasteiger partial charge on any atom is -0.492 e. The second-order valence-electron chi connectivity index (χ2n) is 7.83. The number of carbonyl (C=O) groups excluding carboxylic acids is 1. The van der Waals surface area contributed by atoms with Crippen LogP contribution >= 0.6 is 0 Å². The quantitative estimate of drug-likeness (QED) is 0.461. The van der Waals surface area contributed by atoms with E-state index in [0.717, 1.165) is 16.5 Å². The van der Waals surface area contributed by atoms with E-state index in [1.165, 1.54) is 5.56 Å². The second kappa shape index (κ2) is 11.1. The minimum absolute atomic E-state index is 0.101. The molecule has 0 saturated heterocycles. The highest BCUT2D eigenvalue weighted by molar-refractivity contribution is 7.83. The molecule has 164 valence electrons. The molecule has 3 aromatic carbocycles. The lowest BCUT2D eigenvalue weighted by atomic mass is 9.98. The Morgan fingerprint density at radius 2 is 1.68 bits per heavy atom. The molecule has 0 radical (unpaired) electrons. The molecule has 0 aliphatic carbocycles. The van der Waals surface area contributed by atoms with E-state index in [1.807, 2.05) is 50.2 Å². The fourth-order valence-corrected chi connectivity index (χ4v) is 3.90. The van der Waals surface area contributed by atoms with E-state index in [-0.39, 0.29) is 17.1 Å². The molecule has 0 saturated carbocycles. The van der Waals surface area contributed by atoms with Gasteiger partial charge in [0.1, 0.15) is 12.4 Å². The predicted molar refractivity (Wildman–Crippen MR) is 128 cm³/mol. The number of benzene rings is 3. The molecule has 0 aromatic heterocycles. The highest BCUT2D eigenvalue weighted by atomic mass is 32.2. The highest BCUT2D eigenvalue weighted by Gasteiger charge is 2.10. The third-order valence-corrected chi connectivity index (χ3v) is 6.36. The first-order valence-electron chi connectivity index (χ1n) is 10.6. The molecule has 31 heavy (non-hydrogen) atoms. The molecule has 0 aliphatic rings. The topological polar surface area (TPSA) is 67.4 Å². The second-order valence-corrected chi connectivity index (χ2v) is 9.66. The monoisotopic (exact) mass is 438 g/mol. The number of rotatable bonds is 10. The zero-order valence-corrected chi connectivity index (χ0v) is 19.1. The van der Waals surface area contributed by atoms with Gasteiger partial charge in [-0.25, -0.2) is 8.93 Å². The van der Waals surface area contributed by atoms with Crippen LogP contribution in [0.4, 0.5) is 0 Å². The van der Waals surface area contributed by atoms with Crippen molar-refractivity contribution in [3.63, 3.8) is 0 Å². The first-order chi connectivity index (χ1) is 14.9. The van der Waals surface area contributed by atoms with Crippen molar-refractivity contribution in [2.24, 2.45) is 0 Å². The molecule has 6 heteroatoms. The van der Waals surface area contributed by atoms with Gasteiger partial charge >= 0.3 is 0 Å². The van der Waals surface area contributed by atoms with Crippen LogP contribution in [0, 0.1) is 0 Å². The number of ether oxygens (including phenoxy) is 1. The SMILES string of the molecule is CC(CNS(=O)C(C)C)c1ccc2cc(OCCNC(=O)c3ccccc3)ccc2c1. The summed E-state index contributed by atoms with van der Waals surface area (Å²) in [5.41, 5.74) is 1.85. The average molecular weight is 439 g/mol. The van der Waals surface area contributed by atoms with Gasteiger partial charge in [-0.05, 0) is 60.4 Å². The van der Waals surface area contributed by atoms with E-state index >= 15 is 0 Å². The summed E-state index contributed by atoms with van der Waals surface area (Å²) < 4.78 is 20.8. The molecule has 0 spiro atoms. The molecule has 3 aromatic rings. The normalized spacial score (nSPS) is 13.2. The number of hydrogen-bond acceptors (Lipinski definition) is 3. The predicted octanol–water partition coefficient (Wildman–Crippen LogP) is 4.41. The van der Waals surface area contributed by atoms with Gasteiger partial charge in [0, 0.05) is 17.4 Å². The lowest BCUT2D eigenvalue weighted by Crippen LogP contribution is -2.28. The molecule has 2 atom stereocenters. The number of carbonyl (C=O) groups is 1. The Morgan fingerprint density at radius 1 is 0.968 bits per heavy atom. The summed E-state index contributed by atoms with van der Waals surface area (Å²) in [6, 6.07) is 21.5. The largest absolute Gasteiger partial charge is 0.492 e. The van der Waals surface area contributed by atoms with Crippen molar-refractivity contribution >= 4 is 27.7 Å². The number of fused-ring (bicyclic) bond motifs is 1. The van der Waals surface area contributed by atoms with Crippen LogP contribution in [0.5, 0.6) is 5.75 Å². The summed E-state index contributed by atoms with van der Waals surface area (Å²) in [7, 11) is -1.01. The molecule has 5 nitrogen and oxygen atoms in total. The van der Waals surface area contributed by atoms with Crippen LogP contribution in [0.3, 0.4) is 0 Å². The fourth-order valence-electron chi connectivity index (χ4n) is 3.16. The lowest BCUT2D eigenvalue weighted by Gasteiger charge is -2.15. The lowest BCUT2D eigenvalue weighted by molar-refractivity contribution is 0.0947. The van der Waals surface area contributed by atoms with Crippen molar-refractivity contribution in [2.75, 3.05) is 19.7 Å². The van der Waals surface area contributed by atoms with Crippen LogP contribution in [-0.2, 0) is 11.0 Å². The highest BCUT2D eigenvalue weighted by Crippen LogP contribution is 2.25. The van der Waals surface area contributed by atoms with Crippen LogP contribution in [-0.4, -0.2) is 35.1 Å².